The lowest BCUT2D eigenvalue weighted by atomic mass is 10.1. The normalized spacial score (nSPS) is 11.2. The van der Waals surface area contributed by atoms with E-state index in [0.717, 1.165) is 23.9 Å². The highest BCUT2D eigenvalue weighted by atomic mass is 19.4. The number of pyridine rings is 2. The summed E-state index contributed by atoms with van der Waals surface area (Å²) in [6.45, 7) is 0. The highest BCUT2D eigenvalue weighted by Crippen LogP contribution is 2.29. The minimum absolute atomic E-state index is 0.107. The molecule has 0 aliphatic carbocycles. The van der Waals surface area contributed by atoms with E-state index in [9.17, 15) is 18.0 Å². The van der Waals surface area contributed by atoms with Crippen molar-refractivity contribution < 1.29 is 18.0 Å². The van der Waals surface area contributed by atoms with Gasteiger partial charge >= 0.3 is 6.18 Å². The average molecular weight is 295 g/mol. The van der Waals surface area contributed by atoms with Crippen LogP contribution in [0, 0.1) is 0 Å². The van der Waals surface area contributed by atoms with E-state index >= 15 is 0 Å². The Morgan fingerprint density at radius 1 is 1.14 bits per heavy atom. The van der Waals surface area contributed by atoms with Crippen molar-refractivity contribution in [2.45, 2.75) is 19.0 Å². The van der Waals surface area contributed by atoms with E-state index in [4.69, 9.17) is 0 Å². The molecule has 0 unspecified atom stereocenters. The lowest BCUT2D eigenvalue weighted by Crippen LogP contribution is -2.14. The molecule has 1 N–H and O–H groups in total. The van der Waals surface area contributed by atoms with E-state index in [-0.39, 0.29) is 12.2 Å². The van der Waals surface area contributed by atoms with Crippen molar-refractivity contribution in [2.75, 3.05) is 5.32 Å². The molecule has 2 aromatic rings. The molecule has 0 spiro atoms. The van der Waals surface area contributed by atoms with Crippen molar-refractivity contribution in [3.63, 3.8) is 0 Å². The fourth-order valence-corrected chi connectivity index (χ4v) is 1.69. The molecule has 0 aliphatic heterocycles. The first-order valence-electron chi connectivity index (χ1n) is 6.17. The molecule has 7 heteroatoms. The van der Waals surface area contributed by atoms with Crippen LogP contribution in [0.5, 0.6) is 0 Å². The zero-order chi connectivity index (χ0) is 15.3. The standard InChI is InChI=1S/C14H12F3N3O/c15-14(16,17)11-5-8-19-12(9-11)20-13(21)2-1-10-3-6-18-7-4-10/h3-9H,1-2H2,(H,19,20,21). The molecule has 1 amide bonds. The van der Waals surface area contributed by atoms with E-state index in [0.29, 0.717) is 6.42 Å². The van der Waals surface area contributed by atoms with Crippen LogP contribution in [0.2, 0.25) is 0 Å². The van der Waals surface area contributed by atoms with Crippen molar-refractivity contribution in [1.82, 2.24) is 9.97 Å². The minimum Gasteiger partial charge on any atom is -0.311 e. The number of alkyl halides is 3. The van der Waals surface area contributed by atoms with Crippen molar-refractivity contribution in [1.29, 1.82) is 0 Å². The number of amides is 1. The van der Waals surface area contributed by atoms with Gasteiger partial charge in [0.1, 0.15) is 5.82 Å². The Morgan fingerprint density at radius 2 is 1.86 bits per heavy atom. The number of aryl methyl sites for hydroxylation is 1. The SMILES string of the molecule is O=C(CCc1ccncc1)Nc1cc(C(F)(F)F)ccn1. The van der Waals surface area contributed by atoms with Crippen molar-refractivity contribution in [2.24, 2.45) is 0 Å². The molecule has 2 heterocycles. The molecule has 0 radical (unpaired) electrons. The fourth-order valence-electron chi connectivity index (χ4n) is 1.69. The topological polar surface area (TPSA) is 54.9 Å². The Kier molecular flexibility index (Phi) is 4.52. The summed E-state index contributed by atoms with van der Waals surface area (Å²) in [5.41, 5.74) is 0.0825. The summed E-state index contributed by atoms with van der Waals surface area (Å²) in [5.74, 6) is -0.497. The van der Waals surface area contributed by atoms with Gasteiger partial charge in [0.05, 0.1) is 5.56 Å². The van der Waals surface area contributed by atoms with Gasteiger partial charge < -0.3 is 5.32 Å². The zero-order valence-electron chi connectivity index (χ0n) is 10.9. The number of nitrogens with zero attached hydrogens (tertiary/aromatic N) is 2. The molecule has 2 aromatic heterocycles. The van der Waals surface area contributed by atoms with Crippen LogP contribution in [-0.4, -0.2) is 15.9 Å². The van der Waals surface area contributed by atoms with Gasteiger partial charge in [-0.25, -0.2) is 4.98 Å². The smallest absolute Gasteiger partial charge is 0.311 e. The highest BCUT2D eigenvalue weighted by molar-refractivity contribution is 5.89. The van der Waals surface area contributed by atoms with Crippen LogP contribution >= 0.6 is 0 Å². The van der Waals surface area contributed by atoms with Crippen LogP contribution in [0.25, 0.3) is 0 Å². The van der Waals surface area contributed by atoms with Gasteiger partial charge in [-0.05, 0) is 36.2 Å². The Morgan fingerprint density at radius 3 is 2.52 bits per heavy atom. The van der Waals surface area contributed by atoms with Crippen LogP contribution in [0.1, 0.15) is 17.5 Å². The summed E-state index contributed by atoms with van der Waals surface area (Å²) in [5, 5.41) is 2.36. The third-order valence-corrected chi connectivity index (χ3v) is 2.74. The number of carbonyl (C=O) groups excluding carboxylic acids is 1. The first kappa shape index (κ1) is 15.0. The van der Waals surface area contributed by atoms with Crippen LogP contribution < -0.4 is 5.32 Å². The molecule has 21 heavy (non-hydrogen) atoms. The van der Waals surface area contributed by atoms with Gasteiger partial charge in [0.25, 0.3) is 0 Å². The lowest BCUT2D eigenvalue weighted by molar-refractivity contribution is -0.137. The number of carbonyl (C=O) groups is 1. The van der Waals surface area contributed by atoms with Gasteiger partial charge in [-0.2, -0.15) is 13.2 Å². The number of aromatic nitrogens is 2. The van der Waals surface area contributed by atoms with Crippen molar-refractivity contribution in [3.05, 3.63) is 54.0 Å². The van der Waals surface area contributed by atoms with Gasteiger partial charge in [0.15, 0.2) is 0 Å². The second-order valence-corrected chi connectivity index (χ2v) is 4.33. The maximum absolute atomic E-state index is 12.5. The largest absolute Gasteiger partial charge is 0.416 e. The molecule has 0 atom stereocenters. The molecule has 0 saturated heterocycles. The molecular weight excluding hydrogens is 283 g/mol. The number of nitrogens with one attached hydrogen (secondary N) is 1. The van der Waals surface area contributed by atoms with Gasteiger partial charge in [-0.1, -0.05) is 0 Å². The molecule has 0 aromatic carbocycles. The average Bonchev–Trinajstić information content (AvgIpc) is 2.46. The molecular formula is C14H12F3N3O. The Bertz CT molecular complexity index is 614. The Hall–Kier alpha value is -2.44. The van der Waals surface area contributed by atoms with Crippen LogP contribution in [0.3, 0.4) is 0 Å². The van der Waals surface area contributed by atoms with Gasteiger partial charge in [-0.15, -0.1) is 0 Å². The monoisotopic (exact) mass is 295 g/mol. The molecule has 0 fully saturated rings. The summed E-state index contributed by atoms with van der Waals surface area (Å²) in [6, 6.07) is 5.21. The molecule has 4 nitrogen and oxygen atoms in total. The predicted molar refractivity (Wildman–Crippen MR) is 70.4 cm³/mol. The van der Waals surface area contributed by atoms with E-state index in [2.05, 4.69) is 15.3 Å². The third kappa shape index (κ3) is 4.55. The van der Waals surface area contributed by atoms with Gasteiger partial charge in [0, 0.05) is 25.0 Å². The predicted octanol–water partition coefficient (Wildman–Crippen LogP) is 3.07. The number of hydrogen-bond acceptors (Lipinski definition) is 3. The fraction of sp³-hybridized carbons (Fsp3) is 0.214. The molecule has 0 bridgehead atoms. The first-order valence-corrected chi connectivity index (χ1v) is 6.17. The van der Waals surface area contributed by atoms with Gasteiger partial charge in [0.2, 0.25) is 5.91 Å². The maximum Gasteiger partial charge on any atom is 0.416 e. The maximum atomic E-state index is 12.5. The van der Waals surface area contributed by atoms with Gasteiger partial charge in [-0.3, -0.25) is 9.78 Å². The van der Waals surface area contributed by atoms with E-state index < -0.39 is 17.6 Å². The highest BCUT2D eigenvalue weighted by Gasteiger charge is 2.30. The van der Waals surface area contributed by atoms with E-state index in [1.54, 1.807) is 24.5 Å². The molecule has 110 valence electrons. The Labute approximate surface area is 119 Å². The third-order valence-electron chi connectivity index (χ3n) is 2.74. The second-order valence-electron chi connectivity index (χ2n) is 4.33. The summed E-state index contributed by atoms with van der Waals surface area (Å²) in [7, 11) is 0. The van der Waals surface area contributed by atoms with Crippen LogP contribution in [-0.2, 0) is 17.4 Å². The minimum atomic E-state index is -4.46. The molecule has 0 aliphatic rings. The number of hydrogen-bond donors (Lipinski definition) is 1. The number of anilines is 1. The summed E-state index contributed by atoms with van der Waals surface area (Å²) < 4.78 is 37.6. The summed E-state index contributed by atoms with van der Waals surface area (Å²) >= 11 is 0. The van der Waals surface area contributed by atoms with Crippen molar-refractivity contribution in [3.8, 4) is 0 Å². The van der Waals surface area contributed by atoms with E-state index in [1.807, 2.05) is 0 Å². The number of halogens is 3. The lowest BCUT2D eigenvalue weighted by Gasteiger charge is -2.09. The quantitative estimate of drug-likeness (QED) is 0.943. The molecule has 0 saturated carbocycles. The first-order chi connectivity index (χ1) is 9.95. The van der Waals surface area contributed by atoms with Crippen LogP contribution in [0.4, 0.5) is 19.0 Å². The molecule has 2 rings (SSSR count). The number of rotatable bonds is 4. The van der Waals surface area contributed by atoms with Crippen LogP contribution in [0.15, 0.2) is 42.9 Å². The second kappa shape index (κ2) is 6.34. The van der Waals surface area contributed by atoms with E-state index in [1.165, 1.54) is 0 Å². The van der Waals surface area contributed by atoms with Crippen molar-refractivity contribution >= 4 is 11.7 Å². The summed E-state index contributed by atoms with van der Waals surface area (Å²) in [6.07, 6.45) is 0.416. The zero-order valence-corrected chi connectivity index (χ0v) is 10.9. The Balaban J connectivity index is 1.94. The summed E-state index contributed by atoms with van der Waals surface area (Å²) in [4.78, 5) is 19.3.